The summed E-state index contributed by atoms with van der Waals surface area (Å²) in [6.07, 6.45) is -0.351. The number of benzene rings is 2. The van der Waals surface area contributed by atoms with Gasteiger partial charge >= 0.3 is 5.96 Å². The van der Waals surface area contributed by atoms with Crippen molar-refractivity contribution in [1.29, 1.82) is 0 Å². The second-order valence-corrected chi connectivity index (χ2v) is 6.88. The highest BCUT2D eigenvalue weighted by molar-refractivity contribution is 5.99. The number of hydrogen-bond acceptors (Lipinski definition) is 4. The quantitative estimate of drug-likeness (QED) is 0.650. The molecule has 0 aliphatic carbocycles. The van der Waals surface area contributed by atoms with Crippen LogP contribution in [0, 0.1) is 20.8 Å². The first kappa shape index (κ1) is 17.0. The number of nitrogens with one attached hydrogen (secondary N) is 3. The number of rotatable bonds is 2. The molecule has 3 N–H and O–H groups in total. The molecule has 0 spiro atoms. The summed E-state index contributed by atoms with van der Waals surface area (Å²) < 4.78 is 1.64. The Morgan fingerprint density at radius 3 is 2.30 bits per heavy atom. The third-order valence-corrected chi connectivity index (χ3v) is 4.57. The molecule has 1 aliphatic rings. The van der Waals surface area contributed by atoms with Crippen LogP contribution in [0.1, 0.15) is 28.6 Å². The molecule has 0 bridgehead atoms. The van der Waals surface area contributed by atoms with Gasteiger partial charge in [0.15, 0.2) is 6.17 Å². The first-order valence-corrected chi connectivity index (χ1v) is 8.90. The maximum Gasteiger partial charge on any atom is 0.357 e. The van der Waals surface area contributed by atoms with Crippen molar-refractivity contribution in [2.45, 2.75) is 26.9 Å². The summed E-state index contributed by atoms with van der Waals surface area (Å²) in [5.41, 5.74) is 4.88. The van der Waals surface area contributed by atoms with Gasteiger partial charge in [-0.15, -0.1) is 0 Å². The predicted octanol–water partition coefficient (Wildman–Crippen LogP) is 1.69. The fourth-order valence-corrected chi connectivity index (χ4v) is 3.12. The molecule has 3 aromatic rings. The van der Waals surface area contributed by atoms with Gasteiger partial charge in [0.1, 0.15) is 0 Å². The Hall–Kier alpha value is -3.41. The van der Waals surface area contributed by atoms with Crippen LogP contribution < -0.4 is 21.2 Å². The van der Waals surface area contributed by atoms with E-state index in [1.165, 1.54) is 11.1 Å². The molecule has 6 heteroatoms. The van der Waals surface area contributed by atoms with Crippen LogP contribution in [0.25, 0.3) is 0 Å². The Morgan fingerprint density at radius 2 is 1.63 bits per heavy atom. The maximum atomic E-state index is 12.7. The topological polar surface area (TPSA) is 72.9 Å². The van der Waals surface area contributed by atoms with Crippen LogP contribution in [0.2, 0.25) is 0 Å². The second kappa shape index (κ2) is 6.72. The lowest BCUT2D eigenvalue weighted by Crippen LogP contribution is -2.82. The van der Waals surface area contributed by atoms with E-state index in [0.717, 1.165) is 11.3 Å². The Kier molecular flexibility index (Phi) is 4.24. The van der Waals surface area contributed by atoms with Crippen LogP contribution >= 0.6 is 0 Å². The summed E-state index contributed by atoms with van der Waals surface area (Å²) in [6.45, 7) is 5.91. The van der Waals surface area contributed by atoms with Crippen LogP contribution in [-0.2, 0) is 0 Å². The van der Waals surface area contributed by atoms with Crippen molar-refractivity contribution in [3.63, 3.8) is 0 Å². The first-order chi connectivity index (χ1) is 13.0. The standard InChI is InChI=1S/C21H21N5O/c1-13-4-8-16(9-5-13)19-24-20(23-17-10-6-14(2)7-11-17)25-21-22-15(3)12-18(27)26(19)21/h4-12,19H,1-3H3,(H2,22,23,24,25)/p+1/t19-/m0/s1. The minimum absolute atomic E-state index is 0.0996. The van der Waals surface area contributed by atoms with Gasteiger partial charge < -0.3 is 0 Å². The molecular formula is C21H22N5O+. The average molecular weight is 360 g/mol. The molecule has 0 radical (unpaired) electrons. The van der Waals surface area contributed by atoms with Crippen molar-refractivity contribution in [2.75, 3.05) is 10.6 Å². The number of anilines is 2. The highest BCUT2D eigenvalue weighted by atomic mass is 16.1. The van der Waals surface area contributed by atoms with E-state index >= 15 is 0 Å². The smallest absolute Gasteiger partial charge is 0.269 e. The summed E-state index contributed by atoms with van der Waals surface area (Å²) in [4.78, 5) is 20.6. The molecule has 1 aliphatic heterocycles. The second-order valence-electron chi connectivity index (χ2n) is 6.88. The number of guanidine groups is 1. The minimum Gasteiger partial charge on any atom is -0.269 e. The van der Waals surface area contributed by atoms with E-state index in [-0.39, 0.29) is 11.7 Å². The van der Waals surface area contributed by atoms with Crippen molar-refractivity contribution in [2.24, 2.45) is 0 Å². The monoisotopic (exact) mass is 360 g/mol. The van der Waals surface area contributed by atoms with Gasteiger partial charge in [-0.2, -0.15) is 0 Å². The molecule has 6 nitrogen and oxygen atoms in total. The number of aromatic nitrogens is 2. The van der Waals surface area contributed by atoms with Crippen LogP contribution in [-0.4, -0.2) is 15.5 Å². The van der Waals surface area contributed by atoms with Crippen molar-refractivity contribution in [3.05, 3.63) is 87.3 Å². The molecule has 2 aromatic carbocycles. The van der Waals surface area contributed by atoms with E-state index < -0.39 is 0 Å². The molecule has 0 amide bonds. The number of nitrogens with zero attached hydrogens (tertiary/aromatic N) is 2. The Labute approximate surface area is 157 Å². The lowest BCUT2D eigenvalue weighted by Gasteiger charge is -2.23. The Bertz CT molecular complexity index is 1070. The molecule has 1 aromatic heterocycles. The van der Waals surface area contributed by atoms with Crippen molar-refractivity contribution < 1.29 is 4.99 Å². The third-order valence-electron chi connectivity index (χ3n) is 4.57. The molecule has 0 unspecified atom stereocenters. The Morgan fingerprint density at radius 1 is 1.00 bits per heavy atom. The molecule has 27 heavy (non-hydrogen) atoms. The normalized spacial score (nSPS) is 15.5. The van der Waals surface area contributed by atoms with E-state index in [1.54, 1.807) is 10.6 Å². The number of fused-ring (bicyclic) bond motifs is 1. The molecule has 0 saturated carbocycles. The highest BCUT2D eigenvalue weighted by Gasteiger charge is 2.29. The fourth-order valence-electron chi connectivity index (χ4n) is 3.12. The summed E-state index contributed by atoms with van der Waals surface area (Å²) in [6, 6.07) is 17.8. The first-order valence-electron chi connectivity index (χ1n) is 8.90. The molecule has 0 fully saturated rings. The lowest BCUT2D eigenvalue weighted by atomic mass is 10.1. The molecular weight excluding hydrogens is 338 g/mol. The van der Waals surface area contributed by atoms with Crippen molar-refractivity contribution >= 4 is 17.6 Å². The highest BCUT2D eigenvalue weighted by Crippen LogP contribution is 2.17. The molecule has 4 rings (SSSR count). The van der Waals surface area contributed by atoms with Crippen LogP contribution in [0.3, 0.4) is 0 Å². The summed E-state index contributed by atoms with van der Waals surface area (Å²) in [5.74, 6) is 1.20. The molecule has 136 valence electrons. The van der Waals surface area contributed by atoms with E-state index in [0.29, 0.717) is 17.6 Å². The van der Waals surface area contributed by atoms with Gasteiger partial charge in [0.05, 0.1) is 5.69 Å². The summed E-state index contributed by atoms with van der Waals surface area (Å²) in [7, 11) is 0. The van der Waals surface area contributed by atoms with Gasteiger partial charge in [-0.05, 0) is 32.9 Å². The van der Waals surface area contributed by atoms with Gasteiger partial charge in [0.2, 0.25) is 0 Å². The van der Waals surface area contributed by atoms with Gasteiger partial charge in [0.25, 0.3) is 11.5 Å². The zero-order valence-electron chi connectivity index (χ0n) is 15.6. The predicted molar refractivity (Wildman–Crippen MR) is 107 cm³/mol. The van der Waals surface area contributed by atoms with Crippen molar-refractivity contribution in [3.8, 4) is 0 Å². The summed E-state index contributed by atoms with van der Waals surface area (Å²) >= 11 is 0. The Balaban J connectivity index is 1.78. The van der Waals surface area contributed by atoms with Gasteiger partial charge in [-0.1, -0.05) is 47.5 Å². The average Bonchev–Trinajstić information content (AvgIpc) is 2.63. The lowest BCUT2D eigenvalue weighted by molar-refractivity contribution is -0.520. The van der Waals surface area contributed by atoms with Crippen LogP contribution in [0.15, 0.2) is 59.4 Å². The SMILES string of the molecule is Cc1ccc(NC2=[NH+][C@H](c3ccc(C)cc3)n3c(nc(C)cc3=O)N2)cc1. The zero-order chi connectivity index (χ0) is 19.0. The van der Waals surface area contributed by atoms with Gasteiger partial charge in [0, 0.05) is 17.3 Å². The van der Waals surface area contributed by atoms with E-state index in [4.69, 9.17) is 0 Å². The number of aryl methyl sites for hydroxylation is 3. The maximum absolute atomic E-state index is 12.7. The van der Waals surface area contributed by atoms with E-state index in [1.807, 2.05) is 62.4 Å². The molecule has 1 atom stereocenters. The van der Waals surface area contributed by atoms with Crippen LogP contribution in [0.5, 0.6) is 0 Å². The number of hydrogen-bond donors (Lipinski definition) is 3. The zero-order valence-corrected chi connectivity index (χ0v) is 15.6. The summed E-state index contributed by atoms with van der Waals surface area (Å²) in [5, 5.41) is 6.54. The van der Waals surface area contributed by atoms with Gasteiger partial charge in [-0.3, -0.25) is 9.79 Å². The largest absolute Gasteiger partial charge is 0.357 e. The minimum atomic E-state index is -0.351. The third kappa shape index (κ3) is 3.46. The fraction of sp³-hybridized carbons (Fsp3) is 0.190. The molecule has 2 heterocycles. The van der Waals surface area contributed by atoms with E-state index in [2.05, 4.69) is 27.5 Å². The van der Waals surface area contributed by atoms with E-state index in [9.17, 15) is 4.79 Å². The van der Waals surface area contributed by atoms with Gasteiger partial charge in [-0.25, -0.2) is 20.2 Å². The van der Waals surface area contributed by atoms with Crippen LogP contribution in [0.4, 0.5) is 11.6 Å². The molecule has 0 saturated heterocycles. The van der Waals surface area contributed by atoms with Crippen molar-refractivity contribution in [1.82, 2.24) is 9.55 Å².